The molecule has 5 heteroatoms. The normalized spacial score (nSPS) is 24.6. The molecule has 90 valence electrons. The second-order valence-corrected chi connectivity index (χ2v) is 6.14. The first-order chi connectivity index (χ1) is 7.65. The predicted octanol–water partition coefficient (Wildman–Crippen LogP) is 1.70. The Hall–Kier alpha value is -0.130. The molecule has 0 saturated carbocycles. The molecule has 2 atom stereocenters. The molecule has 1 aliphatic heterocycles. The molecule has 1 aliphatic rings. The van der Waals surface area contributed by atoms with Crippen LogP contribution in [-0.2, 0) is 0 Å². The number of nitrogens with two attached hydrogens (primary N) is 1. The molecule has 0 aliphatic carbocycles. The first-order valence-corrected chi connectivity index (χ1v) is 6.77. The topological polar surface area (TPSA) is 41.3 Å². The molecule has 2 rings (SSSR count). The zero-order chi connectivity index (χ0) is 11.5. The van der Waals surface area contributed by atoms with E-state index >= 15 is 0 Å². The van der Waals surface area contributed by atoms with Crippen LogP contribution in [0, 0.1) is 0 Å². The van der Waals surface area contributed by atoms with Gasteiger partial charge in [0.15, 0.2) is 0 Å². The number of hydrogen-bond acceptors (Lipinski definition) is 4. The number of hydrogen-bond donors (Lipinski definition) is 2. The van der Waals surface area contributed by atoms with Crippen molar-refractivity contribution in [1.29, 1.82) is 0 Å². The number of nitrogens with zero attached hydrogens (tertiary/aromatic N) is 1. The van der Waals surface area contributed by atoms with Crippen LogP contribution in [0.15, 0.2) is 12.1 Å². The molecule has 3 N–H and O–H groups in total. The molecule has 1 aromatic rings. The van der Waals surface area contributed by atoms with E-state index in [-0.39, 0.29) is 6.04 Å². The third kappa shape index (κ3) is 3.18. The van der Waals surface area contributed by atoms with Gasteiger partial charge < -0.3 is 16.0 Å². The molecule has 1 fully saturated rings. The number of likely N-dealkylation sites (N-methyl/N-ethyl adjacent to an activating group) is 1. The Bertz CT molecular complexity index is 342. The highest BCUT2D eigenvalue weighted by Crippen LogP contribution is 2.28. The summed E-state index contributed by atoms with van der Waals surface area (Å²) in [6, 6.07) is 4.54. The van der Waals surface area contributed by atoms with E-state index in [1.165, 1.54) is 4.88 Å². The summed E-state index contributed by atoms with van der Waals surface area (Å²) < 4.78 is 0.819. The Morgan fingerprint density at radius 3 is 3.12 bits per heavy atom. The lowest BCUT2D eigenvalue weighted by molar-refractivity contribution is 0.226. The van der Waals surface area contributed by atoms with Crippen molar-refractivity contribution in [3.8, 4) is 0 Å². The van der Waals surface area contributed by atoms with E-state index in [0.29, 0.717) is 6.04 Å². The lowest BCUT2D eigenvalue weighted by Gasteiger charge is -2.32. The highest BCUT2D eigenvalue weighted by atomic mass is 35.5. The Kier molecular flexibility index (Phi) is 4.21. The largest absolute Gasteiger partial charge is 0.323 e. The second kappa shape index (κ2) is 5.47. The van der Waals surface area contributed by atoms with Crippen LogP contribution in [0.25, 0.3) is 0 Å². The summed E-state index contributed by atoms with van der Waals surface area (Å²) in [4.78, 5) is 3.52. The number of thiophene rings is 1. The summed E-state index contributed by atoms with van der Waals surface area (Å²) >= 11 is 7.49. The van der Waals surface area contributed by atoms with Crippen molar-refractivity contribution in [3.63, 3.8) is 0 Å². The van der Waals surface area contributed by atoms with Gasteiger partial charge in [-0.1, -0.05) is 11.6 Å². The number of piperazine rings is 1. The van der Waals surface area contributed by atoms with E-state index in [1.807, 2.05) is 12.1 Å². The molecular formula is C11H18ClN3S. The monoisotopic (exact) mass is 259 g/mol. The first-order valence-electron chi connectivity index (χ1n) is 5.58. The standard InChI is InChI=1S/C11H18ClN3S/c1-15-5-4-14-8(7-15)6-9(13)10-2-3-11(12)16-10/h2-3,8-9,14H,4-7,13H2,1H3. The first kappa shape index (κ1) is 12.3. The van der Waals surface area contributed by atoms with Crippen LogP contribution >= 0.6 is 22.9 Å². The van der Waals surface area contributed by atoms with Crippen LogP contribution in [0.2, 0.25) is 4.34 Å². The summed E-state index contributed by atoms with van der Waals surface area (Å²) in [6.45, 7) is 3.25. The molecule has 2 unspecified atom stereocenters. The molecule has 0 radical (unpaired) electrons. The number of rotatable bonds is 3. The molecule has 16 heavy (non-hydrogen) atoms. The van der Waals surface area contributed by atoms with E-state index in [4.69, 9.17) is 17.3 Å². The molecule has 0 bridgehead atoms. The van der Waals surface area contributed by atoms with Crippen molar-refractivity contribution >= 4 is 22.9 Å². The third-order valence-electron chi connectivity index (χ3n) is 2.96. The van der Waals surface area contributed by atoms with Gasteiger partial charge in [0.25, 0.3) is 0 Å². The molecule has 0 amide bonds. The van der Waals surface area contributed by atoms with E-state index in [2.05, 4.69) is 17.3 Å². The average molecular weight is 260 g/mol. The molecule has 2 heterocycles. The van der Waals surface area contributed by atoms with Gasteiger partial charge in [0.05, 0.1) is 4.34 Å². The molecule has 0 spiro atoms. The molecular weight excluding hydrogens is 242 g/mol. The van der Waals surface area contributed by atoms with Crippen molar-refractivity contribution in [3.05, 3.63) is 21.3 Å². The highest BCUT2D eigenvalue weighted by Gasteiger charge is 2.20. The lowest BCUT2D eigenvalue weighted by Crippen LogP contribution is -2.49. The van der Waals surface area contributed by atoms with Gasteiger partial charge in [-0.3, -0.25) is 0 Å². The van der Waals surface area contributed by atoms with Gasteiger partial charge in [-0.05, 0) is 25.6 Å². The van der Waals surface area contributed by atoms with Crippen molar-refractivity contribution < 1.29 is 0 Å². The Balaban J connectivity index is 1.89. The van der Waals surface area contributed by atoms with Crippen molar-refractivity contribution in [2.45, 2.75) is 18.5 Å². The third-order valence-corrected chi connectivity index (χ3v) is 4.32. The fourth-order valence-corrected chi connectivity index (χ4v) is 3.17. The molecule has 1 saturated heterocycles. The smallest absolute Gasteiger partial charge is 0.0931 e. The van der Waals surface area contributed by atoms with E-state index in [9.17, 15) is 0 Å². The second-order valence-electron chi connectivity index (χ2n) is 4.40. The minimum Gasteiger partial charge on any atom is -0.323 e. The summed E-state index contributed by atoms with van der Waals surface area (Å²) in [5.74, 6) is 0. The zero-order valence-corrected chi connectivity index (χ0v) is 11.0. The van der Waals surface area contributed by atoms with Crippen LogP contribution in [-0.4, -0.2) is 37.6 Å². The predicted molar refractivity (Wildman–Crippen MR) is 70.2 cm³/mol. The number of nitrogens with one attached hydrogen (secondary N) is 1. The van der Waals surface area contributed by atoms with E-state index in [1.54, 1.807) is 11.3 Å². The van der Waals surface area contributed by atoms with Gasteiger partial charge in [-0.25, -0.2) is 0 Å². The van der Waals surface area contributed by atoms with Crippen LogP contribution in [0.1, 0.15) is 17.3 Å². The van der Waals surface area contributed by atoms with Gasteiger partial charge in [0, 0.05) is 36.6 Å². The average Bonchev–Trinajstić information content (AvgIpc) is 2.65. The van der Waals surface area contributed by atoms with E-state index in [0.717, 1.165) is 30.4 Å². The Labute approximate surface area is 106 Å². The van der Waals surface area contributed by atoms with Crippen LogP contribution in [0.5, 0.6) is 0 Å². The molecule has 1 aromatic heterocycles. The molecule has 3 nitrogen and oxygen atoms in total. The summed E-state index contributed by atoms with van der Waals surface area (Å²) in [5, 5.41) is 3.51. The van der Waals surface area contributed by atoms with Crippen molar-refractivity contribution in [2.75, 3.05) is 26.7 Å². The summed E-state index contributed by atoms with van der Waals surface area (Å²) in [6.07, 6.45) is 0.973. The fraction of sp³-hybridized carbons (Fsp3) is 0.636. The lowest BCUT2D eigenvalue weighted by atomic mass is 10.0. The number of halogens is 1. The maximum atomic E-state index is 6.18. The minimum atomic E-state index is 0.0986. The van der Waals surface area contributed by atoms with Gasteiger partial charge in [-0.2, -0.15) is 0 Å². The van der Waals surface area contributed by atoms with Gasteiger partial charge in [0.1, 0.15) is 0 Å². The van der Waals surface area contributed by atoms with Gasteiger partial charge >= 0.3 is 0 Å². The summed E-state index contributed by atoms with van der Waals surface area (Å²) in [5.41, 5.74) is 6.18. The maximum absolute atomic E-state index is 6.18. The van der Waals surface area contributed by atoms with Crippen LogP contribution in [0.3, 0.4) is 0 Å². The summed E-state index contributed by atoms with van der Waals surface area (Å²) in [7, 11) is 2.15. The zero-order valence-electron chi connectivity index (χ0n) is 9.45. The Morgan fingerprint density at radius 1 is 1.69 bits per heavy atom. The van der Waals surface area contributed by atoms with Crippen LogP contribution < -0.4 is 11.1 Å². The quantitative estimate of drug-likeness (QED) is 0.868. The fourth-order valence-electron chi connectivity index (χ4n) is 2.10. The Morgan fingerprint density at radius 2 is 2.50 bits per heavy atom. The maximum Gasteiger partial charge on any atom is 0.0931 e. The van der Waals surface area contributed by atoms with Gasteiger partial charge in [0.2, 0.25) is 0 Å². The van der Waals surface area contributed by atoms with Crippen molar-refractivity contribution in [2.24, 2.45) is 5.73 Å². The minimum absolute atomic E-state index is 0.0986. The van der Waals surface area contributed by atoms with E-state index < -0.39 is 0 Å². The van der Waals surface area contributed by atoms with Crippen LogP contribution in [0.4, 0.5) is 0 Å². The van der Waals surface area contributed by atoms with Crippen molar-refractivity contribution in [1.82, 2.24) is 10.2 Å². The van der Waals surface area contributed by atoms with Gasteiger partial charge in [-0.15, -0.1) is 11.3 Å². The molecule has 0 aromatic carbocycles. The SMILES string of the molecule is CN1CCNC(CC(N)c2ccc(Cl)s2)C1. The highest BCUT2D eigenvalue weighted by molar-refractivity contribution is 7.16.